The van der Waals surface area contributed by atoms with Gasteiger partial charge in [0.05, 0.1) is 11.1 Å². The summed E-state index contributed by atoms with van der Waals surface area (Å²) in [6.07, 6.45) is 1.34. The van der Waals surface area contributed by atoms with Gasteiger partial charge < -0.3 is 15.6 Å². The van der Waals surface area contributed by atoms with Gasteiger partial charge in [0.25, 0.3) is 11.8 Å². The molecular weight excluding hydrogens is 310 g/mol. The summed E-state index contributed by atoms with van der Waals surface area (Å²) < 4.78 is 0. The minimum atomic E-state index is -0.328. The maximum atomic E-state index is 12.1. The second-order valence-electron chi connectivity index (χ2n) is 5.07. The van der Waals surface area contributed by atoms with Crippen LogP contribution in [0, 0.1) is 0 Å². The molecule has 0 aliphatic carbocycles. The molecule has 0 aliphatic rings. The van der Waals surface area contributed by atoms with E-state index in [1.165, 1.54) is 18.3 Å². The Hall–Kier alpha value is -3.42. The van der Waals surface area contributed by atoms with Gasteiger partial charge in [-0.15, -0.1) is 0 Å². The maximum Gasteiger partial charge on any atom is 0.272 e. The summed E-state index contributed by atoms with van der Waals surface area (Å²) in [6, 6.07) is 10.0. The van der Waals surface area contributed by atoms with Crippen molar-refractivity contribution in [2.45, 2.75) is 0 Å². The van der Waals surface area contributed by atoms with Crippen molar-refractivity contribution in [1.82, 2.24) is 25.8 Å². The lowest BCUT2D eigenvalue weighted by Gasteiger charge is -2.06. The van der Waals surface area contributed by atoms with E-state index < -0.39 is 0 Å². The highest BCUT2D eigenvalue weighted by Gasteiger charge is 2.13. The van der Waals surface area contributed by atoms with Crippen molar-refractivity contribution in [3.63, 3.8) is 0 Å². The molecule has 0 atom stereocenters. The number of pyridine rings is 1. The number of H-pyrrole nitrogens is 2. The predicted molar refractivity (Wildman–Crippen MR) is 87.8 cm³/mol. The first-order valence-electron chi connectivity index (χ1n) is 7.33. The third-order valence-electron chi connectivity index (χ3n) is 3.43. The number of carbonyl (C=O) groups is 2. The predicted octanol–water partition coefficient (Wildman–Crippen LogP) is 0.411. The Bertz CT molecular complexity index is 924. The molecule has 2 amide bonds. The molecular formula is C16H15N5O3. The highest BCUT2D eigenvalue weighted by atomic mass is 16.2. The van der Waals surface area contributed by atoms with Gasteiger partial charge in [0, 0.05) is 30.7 Å². The van der Waals surface area contributed by atoms with Gasteiger partial charge in [0.15, 0.2) is 5.69 Å². The standard InChI is InChI=1S/C16H15N5O3/c22-13-6-5-10(9-19-13)15(23)17-7-8-18-16(24)14-11-3-1-2-4-12(11)20-21-14/h1-6,9H,7-8H2,(H,17,23)(H,18,24)(H,19,22)(H,20,21). The number of hydrogen-bond donors (Lipinski definition) is 4. The van der Waals surface area contributed by atoms with Crippen molar-refractivity contribution in [1.29, 1.82) is 0 Å². The number of hydrogen-bond acceptors (Lipinski definition) is 4. The lowest BCUT2D eigenvalue weighted by molar-refractivity contribution is 0.0925. The van der Waals surface area contributed by atoms with Crippen LogP contribution < -0.4 is 16.2 Å². The van der Waals surface area contributed by atoms with E-state index in [1.54, 1.807) is 0 Å². The third-order valence-corrected chi connectivity index (χ3v) is 3.43. The van der Waals surface area contributed by atoms with Crippen LogP contribution >= 0.6 is 0 Å². The summed E-state index contributed by atoms with van der Waals surface area (Å²) in [5.41, 5.74) is 1.18. The average molecular weight is 325 g/mol. The molecule has 0 bridgehead atoms. The van der Waals surface area contributed by atoms with Crippen molar-refractivity contribution in [3.05, 3.63) is 64.2 Å². The van der Waals surface area contributed by atoms with Crippen LogP contribution in [0.3, 0.4) is 0 Å². The molecule has 4 N–H and O–H groups in total. The number of fused-ring (bicyclic) bond motifs is 1. The van der Waals surface area contributed by atoms with Gasteiger partial charge >= 0.3 is 0 Å². The molecule has 0 unspecified atom stereocenters. The van der Waals surface area contributed by atoms with Crippen LogP contribution in [0.15, 0.2) is 47.4 Å². The molecule has 8 heteroatoms. The smallest absolute Gasteiger partial charge is 0.272 e. The van der Waals surface area contributed by atoms with Gasteiger partial charge in [-0.05, 0) is 12.1 Å². The molecule has 2 aromatic heterocycles. The highest BCUT2D eigenvalue weighted by Crippen LogP contribution is 2.14. The molecule has 0 aliphatic heterocycles. The van der Waals surface area contributed by atoms with Crippen molar-refractivity contribution >= 4 is 22.7 Å². The zero-order valence-corrected chi connectivity index (χ0v) is 12.6. The van der Waals surface area contributed by atoms with Gasteiger partial charge in [-0.25, -0.2) is 0 Å². The lowest BCUT2D eigenvalue weighted by Crippen LogP contribution is -2.35. The lowest BCUT2D eigenvalue weighted by atomic mass is 10.2. The number of amides is 2. The van der Waals surface area contributed by atoms with E-state index in [2.05, 4.69) is 25.8 Å². The van der Waals surface area contributed by atoms with E-state index >= 15 is 0 Å². The molecule has 122 valence electrons. The molecule has 2 heterocycles. The number of nitrogens with zero attached hydrogens (tertiary/aromatic N) is 1. The minimum absolute atomic E-state index is 0.256. The van der Waals surface area contributed by atoms with Crippen molar-refractivity contribution in [3.8, 4) is 0 Å². The molecule has 0 saturated heterocycles. The fourth-order valence-electron chi connectivity index (χ4n) is 2.23. The van der Waals surface area contributed by atoms with E-state index in [-0.39, 0.29) is 30.5 Å². The molecule has 1 aromatic carbocycles. The number of aromatic nitrogens is 3. The number of aromatic amines is 2. The largest absolute Gasteiger partial charge is 0.350 e. The molecule has 24 heavy (non-hydrogen) atoms. The Labute approximate surface area is 136 Å². The van der Waals surface area contributed by atoms with Crippen molar-refractivity contribution in [2.75, 3.05) is 13.1 Å². The molecule has 0 spiro atoms. The Morgan fingerprint density at radius 2 is 1.75 bits per heavy atom. The molecule has 8 nitrogen and oxygen atoms in total. The number of rotatable bonds is 5. The van der Waals surface area contributed by atoms with Crippen molar-refractivity contribution in [2.24, 2.45) is 0 Å². The normalized spacial score (nSPS) is 10.5. The Morgan fingerprint density at radius 3 is 2.50 bits per heavy atom. The topological polar surface area (TPSA) is 120 Å². The van der Waals surface area contributed by atoms with E-state index in [9.17, 15) is 14.4 Å². The highest BCUT2D eigenvalue weighted by molar-refractivity contribution is 6.04. The van der Waals surface area contributed by atoms with Crippen LogP contribution in [0.4, 0.5) is 0 Å². The number of benzene rings is 1. The Kier molecular flexibility index (Phi) is 4.37. The molecule has 0 radical (unpaired) electrons. The van der Waals surface area contributed by atoms with E-state index in [1.807, 2.05) is 24.3 Å². The van der Waals surface area contributed by atoms with Gasteiger partial charge in [-0.3, -0.25) is 19.5 Å². The molecule has 3 aromatic rings. The van der Waals surface area contributed by atoms with Crippen LogP contribution in [0.2, 0.25) is 0 Å². The summed E-state index contributed by atoms with van der Waals surface area (Å²) in [5.74, 6) is -0.642. The fourth-order valence-corrected chi connectivity index (χ4v) is 2.23. The van der Waals surface area contributed by atoms with Crippen molar-refractivity contribution < 1.29 is 9.59 Å². The van der Waals surface area contributed by atoms with E-state index in [0.29, 0.717) is 11.3 Å². The first-order chi connectivity index (χ1) is 11.6. The second kappa shape index (κ2) is 6.78. The molecule has 0 saturated carbocycles. The second-order valence-corrected chi connectivity index (χ2v) is 5.07. The first kappa shape index (κ1) is 15.5. The van der Waals surface area contributed by atoms with Crippen LogP contribution in [-0.4, -0.2) is 40.1 Å². The van der Waals surface area contributed by atoms with Crippen LogP contribution in [-0.2, 0) is 0 Å². The van der Waals surface area contributed by atoms with E-state index in [0.717, 1.165) is 10.9 Å². The zero-order valence-electron chi connectivity index (χ0n) is 12.6. The van der Waals surface area contributed by atoms with Crippen LogP contribution in [0.1, 0.15) is 20.8 Å². The number of carbonyl (C=O) groups excluding carboxylic acids is 2. The maximum absolute atomic E-state index is 12.1. The molecule has 0 fully saturated rings. The van der Waals surface area contributed by atoms with Gasteiger partial charge in [0.2, 0.25) is 5.56 Å². The SMILES string of the molecule is O=C(NCCNC(=O)c1n[nH]c2ccccc12)c1ccc(=O)[nH]c1. The number of nitrogens with one attached hydrogen (secondary N) is 4. The van der Waals surface area contributed by atoms with E-state index in [4.69, 9.17) is 0 Å². The molecule has 3 rings (SSSR count). The van der Waals surface area contributed by atoms with Gasteiger partial charge in [0.1, 0.15) is 0 Å². The average Bonchev–Trinajstić information content (AvgIpc) is 3.03. The summed E-state index contributed by atoms with van der Waals surface area (Å²) in [4.78, 5) is 37.3. The Balaban J connectivity index is 1.51. The summed E-state index contributed by atoms with van der Waals surface area (Å²) >= 11 is 0. The van der Waals surface area contributed by atoms with Crippen LogP contribution in [0.5, 0.6) is 0 Å². The van der Waals surface area contributed by atoms with Crippen LogP contribution in [0.25, 0.3) is 10.9 Å². The zero-order chi connectivity index (χ0) is 16.9. The Morgan fingerprint density at radius 1 is 1.00 bits per heavy atom. The summed E-state index contributed by atoms with van der Waals surface area (Å²) in [6.45, 7) is 0.515. The first-order valence-corrected chi connectivity index (χ1v) is 7.33. The van der Waals surface area contributed by atoms with Gasteiger partial charge in [-0.2, -0.15) is 5.10 Å². The monoisotopic (exact) mass is 325 g/mol. The fraction of sp³-hybridized carbons (Fsp3) is 0.125. The third kappa shape index (κ3) is 3.32. The number of para-hydroxylation sites is 1. The van der Waals surface area contributed by atoms with Gasteiger partial charge in [-0.1, -0.05) is 18.2 Å². The quantitative estimate of drug-likeness (QED) is 0.508. The minimum Gasteiger partial charge on any atom is -0.350 e. The summed E-state index contributed by atoms with van der Waals surface area (Å²) in [7, 11) is 0. The summed E-state index contributed by atoms with van der Waals surface area (Å²) in [5, 5.41) is 12.9.